The molecule has 9 nitrogen and oxygen atoms in total. The Morgan fingerprint density at radius 2 is 1.84 bits per heavy atom. The Hall–Kier alpha value is -3.50. The Morgan fingerprint density at radius 3 is 2.62 bits per heavy atom. The summed E-state index contributed by atoms with van der Waals surface area (Å²) in [5, 5.41) is 12.8. The van der Waals surface area contributed by atoms with Crippen LogP contribution in [0.5, 0.6) is 11.6 Å². The molecule has 4 aromatic rings. The lowest BCUT2D eigenvalue weighted by atomic mass is 10.1. The van der Waals surface area contributed by atoms with E-state index in [0.29, 0.717) is 23.1 Å². The van der Waals surface area contributed by atoms with Crippen molar-refractivity contribution in [2.75, 3.05) is 20.3 Å². The Labute approximate surface area is 186 Å². The van der Waals surface area contributed by atoms with E-state index in [1.165, 1.54) is 0 Å². The van der Waals surface area contributed by atoms with Crippen LogP contribution in [0.3, 0.4) is 0 Å². The number of aromatic nitrogens is 4. The third-order valence-electron chi connectivity index (χ3n) is 5.00. The van der Waals surface area contributed by atoms with Crippen molar-refractivity contribution in [2.45, 2.75) is 18.7 Å². The van der Waals surface area contributed by atoms with Crippen molar-refractivity contribution in [3.63, 3.8) is 0 Å². The normalized spacial score (nSPS) is 11.6. The lowest BCUT2D eigenvalue weighted by molar-refractivity contribution is 0.306. The first-order chi connectivity index (χ1) is 15.4. The molecule has 32 heavy (non-hydrogen) atoms. The summed E-state index contributed by atoms with van der Waals surface area (Å²) in [5.74, 6) is 1.56. The van der Waals surface area contributed by atoms with Gasteiger partial charge in [0, 0.05) is 18.2 Å². The van der Waals surface area contributed by atoms with Crippen molar-refractivity contribution in [1.82, 2.24) is 24.5 Å². The van der Waals surface area contributed by atoms with Crippen molar-refractivity contribution < 1.29 is 17.9 Å². The lowest BCUT2D eigenvalue weighted by Crippen LogP contribution is -2.28. The number of nitrogens with zero attached hydrogens (tertiary/aromatic N) is 4. The molecule has 4 rings (SSSR count). The number of hydrogen-bond acceptors (Lipinski definition) is 7. The van der Waals surface area contributed by atoms with E-state index < -0.39 is 10.0 Å². The number of hydrogen-bond donors (Lipinski definition) is 1. The van der Waals surface area contributed by atoms with Gasteiger partial charge in [-0.25, -0.2) is 13.1 Å². The molecule has 0 saturated carbocycles. The second-order valence-corrected chi connectivity index (χ2v) is 8.96. The molecule has 166 valence electrons. The molecular weight excluding hydrogens is 430 g/mol. The van der Waals surface area contributed by atoms with E-state index in [0.717, 1.165) is 16.7 Å². The number of methoxy groups -OCH3 is 1. The van der Waals surface area contributed by atoms with Crippen molar-refractivity contribution >= 4 is 15.7 Å². The van der Waals surface area contributed by atoms with E-state index in [1.807, 2.05) is 38.1 Å². The fourth-order valence-corrected chi connectivity index (χ4v) is 4.19. The zero-order chi connectivity index (χ0) is 22.7. The summed E-state index contributed by atoms with van der Waals surface area (Å²) >= 11 is 0. The van der Waals surface area contributed by atoms with Gasteiger partial charge in [-0.05, 0) is 55.3 Å². The Balaban J connectivity index is 1.44. The van der Waals surface area contributed by atoms with Crippen LogP contribution in [0.15, 0.2) is 59.5 Å². The van der Waals surface area contributed by atoms with Gasteiger partial charge >= 0.3 is 0 Å². The van der Waals surface area contributed by atoms with Crippen LogP contribution in [0.2, 0.25) is 0 Å². The highest BCUT2D eigenvalue weighted by atomic mass is 32.2. The molecule has 0 radical (unpaired) electrons. The molecule has 0 spiro atoms. The fraction of sp³-hybridized carbons (Fsp3) is 0.227. The monoisotopic (exact) mass is 453 g/mol. The first kappa shape index (κ1) is 21.7. The molecule has 0 unspecified atom stereocenters. The van der Waals surface area contributed by atoms with Crippen molar-refractivity contribution in [1.29, 1.82) is 0 Å². The van der Waals surface area contributed by atoms with E-state index >= 15 is 0 Å². The van der Waals surface area contributed by atoms with Crippen molar-refractivity contribution in [3.05, 3.63) is 65.7 Å². The van der Waals surface area contributed by atoms with E-state index in [2.05, 4.69) is 20.0 Å². The fourth-order valence-electron chi connectivity index (χ4n) is 3.09. The van der Waals surface area contributed by atoms with Gasteiger partial charge in [-0.15, -0.1) is 15.3 Å². The van der Waals surface area contributed by atoms with Gasteiger partial charge < -0.3 is 9.47 Å². The molecule has 2 heterocycles. The maximum atomic E-state index is 12.5. The van der Waals surface area contributed by atoms with Gasteiger partial charge in [0.25, 0.3) is 0 Å². The summed E-state index contributed by atoms with van der Waals surface area (Å²) in [6.45, 7) is 4.02. The first-order valence-electron chi connectivity index (χ1n) is 9.94. The maximum Gasteiger partial charge on any atom is 0.240 e. The van der Waals surface area contributed by atoms with Gasteiger partial charge in [-0.1, -0.05) is 18.2 Å². The number of benzene rings is 2. The Morgan fingerprint density at radius 1 is 1.00 bits per heavy atom. The van der Waals surface area contributed by atoms with Crippen LogP contribution in [-0.2, 0) is 10.0 Å². The number of fused-ring (bicyclic) bond motifs is 1. The third kappa shape index (κ3) is 4.56. The van der Waals surface area contributed by atoms with E-state index in [-0.39, 0.29) is 18.0 Å². The number of rotatable bonds is 8. The molecular formula is C22H23N5O4S. The SMILES string of the molecule is COc1cccc(-c2nnc3ccc(OCCNS(=O)(=O)c4ccc(C)c(C)c4)nn23)c1. The molecule has 1 N–H and O–H groups in total. The van der Waals surface area contributed by atoms with Crippen molar-refractivity contribution in [2.24, 2.45) is 0 Å². The minimum absolute atomic E-state index is 0.0971. The van der Waals surface area contributed by atoms with Gasteiger partial charge in [-0.3, -0.25) is 0 Å². The molecule has 0 fully saturated rings. The predicted octanol–water partition coefficient (Wildman–Crippen LogP) is 2.77. The van der Waals surface area contributed by atoms with E-state index in [1.54, 1.807) is 42.0 Å². The summed E-state index contributed by atoms with van der Waals surface area (Å²) in [7, 11) is -2.02. The van der Waals surface area contributed by atoms with Crippen LogP contribution in [0.4, 0.5) is 0 Å². The predicted molar refractivity (Wildman–Crippen MR) is 119 cm³/mol. The quantitative estimate of drug-likeness (QED) is 0.409. The molecule has 0 aliphatic carbocycles. The van der Waals surface area contributed by atoms with Crippen LogP contribution in [0.1, 0.15) is 11.1 Å². The average Bonchev–Trinajstić information content (AvgIpc) is 3.22. The standard InChI is InChI=1S/C22H23N5O4S/c1-15-7-8-19(13-16(15)2)32(28,29)23-11-12-31-21-10-9-20-24-25-22(27(20)26-21)17-5-4-6-18(14-17)30-3/h4-10,13-14,23H,11-12H2,1-3H3. The molecule has 2 aromatic heterocycles. The largest absolute Gasteiger partial charge is 0.497 e. The van der Waals surface area contributed by atoms with Gasteiger partial charge in [0.1, 0.15) is 12.4 Å². The van der Waals surface area contributed by atoms with Crippen molar-refractivity contribution in [3.8, 4) is 23.0 Å². The molecule has 0 aliphatic rings. The minimum atomic E-state index is -3.62. The van der Waals surface area contributed by atoms with Crippen LogP contribution in [-0.4, -0.2) is 48.5 Å². The summed E-state index contributed by atoms with van der Waals surface area (Å²) in [5.41, 5.74) is 3.31. The smallest absolute Gasteiger partial charge is 0.240 e. The summed E-state index contributed by atoms with van der Waals surface area (Å²) in [6.07, 6.45) is 0. The first-order valence-corrected chi connectivity index (χ1v) is 11.4. The number of aryl methyl sites for hydroxylation is 2. The highest BCUT2D eigenvalue weighted by molar-refractivity contribution is 7.89. The van der Waals surface area contributed by atoms with Gasteiger partial charge in [0.15, 0.2) is 11.5 Å². The average molecular weight is 454 g/mol. The second kappa shape index (κ2) is 8.93. The van der Waals surface area contributed by atoms with Gasteiger partial charge in [0.05, 0.1) is 12.0 Å². The molecule has 0 bridgehead atoms. The Bertz CT molecular complexity index is 1370. The highest BCUT2D eigenvalue weighted by Crippen LogP contribution is 2.23. The summed E-state index contributed by atoms with van der Waals surface area (Å²) in [6, 6.07) is 15.9. The van der Waals surface area contributed by atoms with Crippen LogP contribution < -0.4 is 14.2 Å². The number of ether oxygens (including phenoxy) is 2. The van der Waals surface area contributed by atoms with Crippen LogP contribution in [0, 0.1) is 13.8 Å². The highest BCUT2D eigenvalue weighted by Gasteiger charge is 2.15. The maximum absolute atomic E-state index is 12.5. The molecule has 0 aliphatic heterocycles. The van der Waals surface area contributed by atoms with Gasteiger partial charge in [0.2, 0.25) is 15.9 Å². The van der Waals surface area contributed by atoms with E-state index in [4.69, 9.17) is 9.47 Å². The minimum Gasteiger partial charge on any atom is -0.497 e. The zero-order valence-electron chi connectivity index (χ0n) is 17.9. The molecule has 10 heteroatoms. The number of sulfonamides is 1. The second-order valence-electron chi connectivity index (χ2n) is 7.19. The third-order valence-corrected chi connectivity index (χ3v) is 6.46. The van der Waals surface area contributed by atoms with Crippen LogP contribution in [0.25, 0.3) is 17.0 Å². The van der Waals surface area contributed by atoms with Crippen LogP contribution >= 0.6 is 0 Å². The molecule has 0 saturated heterocycles. The number of nitrogens with one attached hydrogen (secondary N) is 1. The van der Waals surface area contributed by atoms with E-state index in [9.17, 15) is 8.42 Å². The molecule has 0 atom stereocenters. The Kier molecular flexibility index (Phi) is 6.06. The summed E-state index contributed by atoms with van der Waals surface area (Å²) in [4.78, 5) is 0.229. The molecule has 0 amide bonds. The van der Waals surface area contributed by atoms with Gasteiger partial charge in [-0.2, -0.15) is 4.52 Å². The lowest BCUT2D eigenvalue weighted by Gasteiger charge is -2.10. The topological polar surface area (TPSA) is 108 Å². The summed E-state index contributed by atoms with van der Waals surface area (Å²) < 4.78 is 40.0. The zero-order valence-corrected chi connectivity index (χ0v) is 18.8. The molecule has 2 aromatic carbocycles.